The zero-order valence-electron chi connectivity index (χ0n) is 9.47. The number of hydrogen-bond acceptors (Lipinski definition) is 3. The SMILES string of the molecule is CC(C)(C)N1CC(n2nccc2C=O)C1. The molecule has 0 radical (unpaired) electrons. The summed E-state index contributed by atoms with van der Waals surface area (Å²) in [6, 6.07) is 2.12. The molecule has 0 bridgehead atoms. The molecule has 0 unspecified atom stereocenters. The second-order valence-electron chi connectivity index (χ2n) is 5.05. The molecule has 0 aliphatic carbocycles. The van der Waals surface area contributed by atoms with Crippen LogP contribution in [0.3, 0.4) is 0 Å². The fraction of sp³-hybridized carbons (Fsp3) is 0.636. The van der Waals surface area contributed by atoms with Gasteiger partial charge in [-0.25, -0.2) is 0 Å². The Morgan fingerprint density at radius 3 is 2.67 bits per heavy atom. The lowest BCUT2D eigenvalue weighted by Crippen LogP contribution is -2.56. The normalized spacial score (nSPS) is 18.9. The fourth-order valence-corrected chi connectivity index (χ4v) is 1.88. The molecule has 4 heteroatoms. The highest BCUT2D eigenvalue weighted by molar-refractivity contribution is 5.71. The van der Waals surface area contributed by atoms with E-state index in [1.807, 2.05) is 4.68 Å². The molecule has 1 aliphatic heterocycles. The molecular formula is C11H17N3O. The Hall–Kier alpha value is -1.16. The van der Waals surface area contributed by atoms with Crippen molar-refractivity contribution in [2.75, 3.05) is 13.1 Å². The minimum Gasteiger partial charge on any atom is -0.296 e. The summed E-state index contributed by atoms with van der Waals surface area (Å²) in [7, 11) is 0. The van der Waals surface area contributed by atoms with Gasteiger partial charge in [0.15, 0.2) is 6.29 Å². The quantitative estimate of drug-likeness (QED) is 0.687. The summed E-state index contributed by atoms with van der Waals surface area (Å²) >= 11 is 0. The summed E-state index contributed by atoms with van der Waals surface area (Å²) < 4.78 is 1.83. The van der Waals surface area contributed by atoms with Crippen LogP contribution in [0.25, 0.3) is 0 Å². The highest BCUT2D eigenvalue weighted by atomic mass is 16.1. The highest BCUT2D eigenvalue weighted by Gasteiger charge is 2.36. The van der Waals surface area contributed by atoms with Crippen LogP contribution in [0.1, 0.15) is 37.3 Å². The summed E-state index contributed by atoms with van der Waals surface area (Å²) in [5.41, 5.74) is 0.888. The third-order valence-electron chi connectivity index (χ3n) is 2.98. The van der Waals surface area contributed by atoms with Gasteiger partial charge >= 0.3 is 0 Å². The molecule has 0 amide bonds. The first kappa shape index (κ1) is 10.4. The van der Waals surface area contributed by atoms with E-state index in [4.69, 9.17) is 0 Å². The van der Waals surface area contributed by atoms with E-state index in [-0.39, 0.29) is 5.54 Å². The zero-order valence-corrected chi connectivity index (χ0v) is 9.47. The maximum atomic E-state index is 10.7. The van der Waals surface area contributed by atoms with Gasteiger partial charge in [-0.3, -0.25) is 14.4 Å². The summed E-state index contributed by atoms with van der Waals surface area (Å²) in [6.07, 6.45) is 2.55. The van der Waals surface area contributed by atoms with Crippen LogP contribution in [0.4, 0.5) is 0 Å². The van der Waals surface area contributed by atoms with E-state index in [1.165, 1.54) is 0 Å². The van der Waals surface area contributed by atoms with Crippen molar-refractivity contribution in [1.29, 1.82) is 0 Å². The van der Waals surface area contributed by atoms with Crippen LogP contribution in [0, 0.1) is 0 Å². The number of aromatic nitrogens is 2. The Morgan fingerprint density at radius 2 is 2.13 bits per heavy atom. The van der Waals surface area contributed by atoms with Crippen LogP contribution in [-0.4, -0.2) is 39.6 Å². The number of rotatable bonds is 2. The number of hydrogen-bond donors (Lipinski definition) is 0. The largest absolute Gasteiger partial charge is 0.296 e. The van der Waals surface area contributed by atoms with Crippen molar-refractivity contribution in [2.45, 2.75) is 32.4 Å². The van der Waals surface area contributed by atoms with Crippen LogP contribution < -0.4 is 0 Å². The van der Waals surface area contributed by atoms with Gasteiger partial charge in [0.2, 0.25) is 0 Å². The fourth-order valence-electron chi connectivity index (χ4n) is 1.88. The van der Waals surface area contributed by atoms with Gasteiger partial charge in [0.1, 0.15) is 5.69 Å². The van der Waals surface area contributed by atoms with Crippen molar-refractivity contribution in [2.24, 2.45) is 0 Å². The molecule has 1 fully saturated rings. The maximum absolute atomic E-state index is 10.7. The van der Waals surface area contributed by atoms with E-state index in [0.717, 1.165) is 19.4 Å². The van der Waals surface area contributed by atoms with Gasteiger partial charge in [0, 0.05) is 24.8 Å². The standard InChI is InChI=1S/C11H17N3O/c1-11(2,3)13-6-10(7-13)14-9(8-15)4-5-12-14/h4-5,8,10H,6-7H2,1-3H3. The predicted molar refractivity (Wildman–Crippen MR) is 58.0 cm³/mol. The first-order valence-corrected chi connectivity index (χ1v) is 5.26. The molecule has 4 nitrogen and oxygen atoms in total. The van der Waals surface area contributed by atoms with Crippen LogP contribution in [0.5, 0.6) is 0 Å². The Balaban J connectivity index is 2.03. The van der Waals surface area contributed by atoms with Gasteiger partial charge in [0.25, 0.3) is 0 Å². The molecule has 82 valence electrons. The molecule has 0 aromatic carbocycles. The lowest BCUT2D eigenvalue weighted by atomic mass is 9.98. The molecule has 1 aliphatic rings. The van der Waals surface area contributed by atoms with Gasteiger partial charge in [-0.15, -0.1) is 0 Å². The third kappa shape index (κ3) is 1.81. The molecule has 0 saturated carbocycles. The molecule has 1 aromatic heterocycles. The number of carbonyl (C=O) groups excluding carboxylic acids is 1. The Labute approximate surface area is 89.9 Å². The van der Waals surface area contributed by atoms with Crippen LogP contribution in [0.2, 0.25) is 0 Å². The molecule has 1 saturated heterocycles. The second-order valence-corrected chi connectivity index (χ2v) is 5.05. The Bertz CT molecular complexity index is 358. The first-order chi connectivity index (χ1) is 7.02. The number of carbonyl (C=O) groups is 1. The topological polar surface area (TPSA) is 38.1 Å². The monoisotopic (exact) mass is 207 g/mol. The van der Waals surface area contributed by atoms with Crippen molar-refractivity contribution in [3.63, 3.8) is 0 Å². The zero-order chi connectivity index (χ0) is 11.1. The molecule has 2 heterocycles. The van der Waals surface area contributed by atoms with E-state index in [1.54, 1.807) is 12.3 Å². The smallest absolute Gasteiger partial charge is 0.168 e. The second kappa shape index (κ2) is 3.45. The number of nitrogens with zero attached hydrogens (tertiary/aromatic N) is 3. The molecule has 0 spiro atoms. The van der Waals surface area contributed by atoms with Gasteiger partial charge < -0.3 is 0 Å². The van der Waals surface area contributed by atoms with Crippen molar-refractivity contribution < 1.29 is 4.79 Å². The van der Waals surface area contributed by atoms with Gasteiger partial charge in [0.05, 0.1) is 6.04 Å². The van der Waals surface area contributed by atoms with Gasteiger partial charge in [-0.2, -0.15) is 5.10 Å². The Kier molecular flexibility index (Phi) is 2.38. The summed E-state index contributed by atoms with van der Waals surface area (Å²) in [5.74, 6) is 0. The average molecular weight is 207 g/mol. The van der Waals surface area contributed by atoms with Crippen molar-refractivity contribution in [3.8, 4) is 0 Å². The average Bonchev–Trinajstić information content (AvgIpc) is 2.46. The minimum absolute atomic E-state index is 0.213. The number of aldehydes is 1. The summed E-state index contributed by atoms with van der Waals surface area (Å²) in [4.78, 5) is 13.1. The van der Waals surface area contributed by atoms with Crippen LogP contribution in [0.15, 0.2) is 12.3 Å². The molecule has 0 N–H and O–H groups in total. The van der Waals surface area contributed by atoms with Crippen LogP contribution in [-0.2, 0) is 0 Å². The summed E-state index contributed by atoms with van der Waals surface area (Å²) in [6.45, 7) is 8.56. The lowest BCUT2D eigenvalue weighted by molar-refractivity contribution is 0.0148. The van der Waals surface area contributed by atoms with Crippen LogP contribution >= 0.6 is 0 Å². The van der Waals surface area contributed by atoms with E-state index >= 15 is 0 Å². The highest BCUT2D eigenvalue weighted by Crippen LogP contribution is 2.28. The predicted octanol–water partition coefficient (Wildman–Crippen LogP) is 1.35. The molecule has 1 aromatic rings. The molecular weight excluding hydrogens is 190 g/mol. The summed E-state index contributed by atoms with van der Waals surface area (Å²) in [5, 5.41) is 4.18. The number of likely N-dealkylation sites (tertiary alicyclic amines) is 1. The first-order valence-electron chi connectivity index (χ1n) is 5.26. The van der Waals surface area contributed by atoms with E-state index in [9.17, 15) is 4.79 Å². The van der Waals surface area contributed by atoms with Crippen molar-refractivity contribution in [3.05, 3.63) is 18.0 Å². The molecule has 2 rings (SSSR count). The third-order valence-corrected chi connectivity index (χ3v) is 2.98. The van der Waals surface area contributed by atoms with Gasteiger partial charge in [-0.1, -0.05) is 0 Å². The minimum atomic E-state index is 0.213. The van der Waals surface area contributed by atoms with Gasteiger partial charge in [-0.05, 0) is 26.8 Å². The lowest BCUT2D eigenvalue weighted by Gasteiger charge is -2.47. The van der Waals surface area contributed by atoms with E-state index in [2.05, 4.69) is 30.8 Å². The maximum Gasteiger partial charge on any atom is 0.168 e. The van der Waals surface area contributed by atoms with E-state index < -0.39 is 0 Å². The molecule has 15 heavy (non-hydrogen) atoms. The van der Waals surface area contributed by atoms with Crippen molar-refractivity contribution in [1.82, 2.24) is 14.7 Å². The molecule has 0 atom stereocenters. The van der Waals surface area contributed by atoms with E-state index in [0.29, 0.717) is 11.7 Å². The Morgan fingerprint density at radius 1 is 1.47 bits per heavy atom. The van der Waals surface area contributed by atoms with Crippen molar-refractivity contribution >= 4 is 6.29 Å².